The van der Waals surface area contributed by atoms with E-state index >= 15 is 0 Å². The molecule has 0 amide bonds. The molecule has 1 aromatic rings. The summed E-state index contributed by atoms with van der Waals surface area (Å²) in [5, 5.41) is 0. The van der Waals surface area contributed by atoms with Crippen molar-refractivity contribution in [3.05, 3.63) is 83.0 Å². The Labute approximate surface area is 273 Å². The van der Waals surface area contributed by atoms with Gasteiger partial charge in [-0.05, 0) is 116 Å². The van der Waals surface area contributed by atoms with Crippen LogP contribution in [-0.4, -0.2) is 0 Å². The molecule has 0 nitrogen and oxygen atoms in total. The first kappa shape index (κ1) is 33.5. The maximum atomic E-state index is 2.73. The zero-order valence-corrected chi connectivity index (χ0v) is 31.0. The standard InChI is InChI=1S/C44H66/c1-15-44(27-33(24-28(44)2)43(12,13)14)39(29-16-18-30(19-17-29)40(3,4)5)38-34-22-20-31(41(6,7)8)25-36(34)37-26-32(42(9,10)11)21-23-35(37)38/h16-23,25-26,28,33-39H,15,24,27H2,1-14H3/t28?,33?,34?,35?,36?,37?,38?,39-,44?/m0/s1. The maximum absolute atomic E-state index is 2.73. The van der Waals surface area contributed by atoms with Crippen LogP contribution in [0.1, 0.15) is 133 Å². The van der Waals surface area contributed by atoms with E-state index in [4.69, 9.17) is 0 Å². The summed E-state index contributed by atoms with van der Waals surface area (Å²) in [5.74, 6) is 4.86. The van der Waals surface area contributed by atoms with Gasteiger partial charge in [-0.2, -0.15) is 0 Å². The molecule has 0 spiro atoms. The number of hydrogen-bond donors (Lipinski definition) is 0. The van der Waals surface area contributed by atoms with Gasteiger partial charge in [-0.25, -0.2) is 0 Å². The molecule has 1 aromatic carbocycles. The summed E-state index contributed by atoms with van der Waals surface area (Å²) in [6, 6.07) is 10.1. The monoisotopic (exact) mass is 595 g/mol. The highest BCUT2D eigenvalue weighted by Gasteiger charge is 2.59. The molecular formula is C44H66. The minimum absolute atomic E-state index is 0.165. The highest BCUT2D eigenvalue weighted by Crippen LogP contribution is 2.68. The van der Waals surface area contributed by atoms with Crippen LogP contribution in [0.15, 0.2) is 71.9 Å². The highest BCUT2D eigenvalue weighted by molar-refractivity contribution is 5.42. The van der Waals surface area contributed by atoms with Gasteiger partial charge in [-0.15, -0.1) is 0 Å². The van der Waals surface area contributed by atoms with Gasteiger partial charge in [0.2, 0.25) is 0 Å². The molecule has 0 saturated heterocycles. The zero-order chi connectivity index (χ0) is 32.6. The Morgan fingerprint density at radius 2 is 1.16 bits per heavy atom. The molecule has 7 unspecified atom stereocenters. The largest absolute Gasteiger partial charge is 0.0802 e. The quantitative estimate of drug-likeness (QED) is 0.325. The van der Waals surface area contributed by atoms with Gasteiger partial charge in [-0.3, -0.25) is 0 Å². The van der Waals surface area contributed by atoms with Crippen molar-refractivity contribution in [2.24, 2.45) is 63.1 Å². The molecule has 242 valence electrons. The summed E-state index contributed by atoms with van der Waals surface area (Å²) >= 11 is 0. The molecule has 0 N–H and O–H groups in total. The lowest BCUT2D eigenvalue weighted by molar-refractivity contribution is 0.0797. The lowest BCUT2D eigenvalue weighted by atomic mass is 9.56. The van der Waals surface area contributed by atoms with Crippen molar-refractivity contribution >= 4 is 0 Å². The Kier molecular flexibility index (Phi) is 8.51. The van der Waals surface area contributed by atoms with Crippen molar-refractivity contribution in [3.63, 3.8) is 0 Å². The molecule has 4 aliphatic rings. The van der Waals surface area contributed by atoms with E-state index in [-0.39, 0.29) is 16.2 Å². The van der Waals surface area contributed by atoms with Crippen molar-refractivity contribution in [2.45, 2.75) is 128 Å². The smallest absolute Gasteiger partial charge is 0.00628 e. The van der Waals surface area contributed by atoms with Crippen molar-refractivity contribution in [1.82, 2.24) is 0 Å². The molecule has 8 atom stereocenters. The van der Waals surface area contributed by atoms with Crippen LogP contribution < -0.4 is 0 Å². The first-order valence-corrected chi connectivity index (χ1v) is 18.1. The van der Waals surface area contributed by atoms with Crippen LogP contribution in [0, 0.1) is 63.1 Å². The normalized spacial score (nSPS) is 34.8. The van der Waals surface area contributed by atoms with E-state index in [0.29, 0.717) is 52.3 Å². The van der Waals surface area contributed by atoms with Gasteiger partial charge in [0.1, 0.15) is 0 Å². The molecule has 4 aliphatic carbocycles. The van der Waals surface area contributed by atoms with Crippen molar-refractivity contribution < 1.29 is 0 Å². The number of hydrogen-bond acceptors (Lipinski definition) is 0. The molecular weight excluding hydrogens is 528 g/mol. The maximum Gasteiger partial charge on any atom is -0.00628 e. The third kappa shape index (κ3) is 5.91. The number of rotatable bonds is 4. The fourth-order valence-electron chi connectivity index (χ4n) is 9.98. The van der Waals surface area contributed by atoms with E-state index in [1.165, 1.54) is 36.0 Å². The van der Waals surface area contributed by atoms with Gasteiger partial charge < -0.3 is 0 Å². The summed E-state index contributed by atoms with van der Waals surface area (Å²) in [7, 11) is 0. The summed E-state index contributed by atoms with van der Waals surface area (Å²) in [6.07, 6.45) is 19.9. The van der Waals surface area contributed by atoms with Gasteiger partial charge >= 0.3 is 0 Å². The van der Waals surface area contributed by atoms with Crippen molar-refractivity contribution in [2.75, 3.05) is 0 Å². The Hall–Kier alpha value is -1.82. The minimum Gasteiger partial charge on any atom is -0.0802 e. The third-order valence-corrected chi connectivity index (χ3v) is 13.0. The molecule has 2 fully saturated rings. The van der Waals surface area contributed by atoms with E-state index < -0.39 is 0 Å². The second-order valence-electron chi connectivity index (χ2n) is 19.7. The van der Waals surface area contributed by atoms with Crippen LogP contribution in [-0.2, 0) is 5.41 Å². The van der Waals surface area contributed by atoms with Gasteiger partial charge in [0.05, 0.1) is 0 Å². The van der Waals surface area contributed by atoms with Gasteiger partial charge in [0.15, 0.2) is 0 Å². The summed E-state index contributed by atoms with van der Waals surface area (Å²) in [5.41, 5.74) is 7.25. The van der Waals surface area contributed by atoms with Gasteiger partial charge in [0.25, 0.3) is 0 Å². The average molecular weight is 595 g/mol. The first-order valence-electron chi connectivity index (χ1n) is 18.1. The molecule has 0 heterocycles. The minimum atomic E-state index is 0.165. The summed E-state index contributed by atoms with van der Waals surface area (Å²) in [6.45, 7) is 34.1. The molecule has 5 rings (SSSR count). The second-order valence-corrected chi connectivity index (χ2v) is 19.7. The molecule has 0 radical (unpaired) electrons. The summed E-state index contributed by atoms with van der Waals surface area (Å²) < 4.78 is 0. The van der Waals surface area contributed by atoms with Crippen LogP contribution in [0.5, 0.6) is 0 Å². The first-order chi connectivity index (χ1) is 20.2. The van der Waals surface area contributed by atoms with Gasteiger partial charge in [0, 0.05) is 0 Å². The van der Waals surface area contributed by atoms with E-state index in [1.54, 1.807) is 5.56 Å². The van der Waals surface area contributed by atoms with Crippen molar-refractivity contribution in [3.8, 4) is 0 Å². The topological polar surface area (TPSA) is 0 Å². The van der Waals surface area contributed by atoms with E-state index in [0.717, 1.165) is 5.92 Å². The lowest BCUT2D eigenvalue weighted by Gasteiger charge is -2.48. The Bertz CT molecular complexity index is 1260. The number of fused-ring (bicyclic) bond motifs is 3. The SMILES string of the molecule is CCC1([C@@H](c2ccc(C(C)(C)C)cc2)C2C3C=CC(C(C)(C)C)=CC3C3C=C(C(C)(C)C)C=CC32)CC(C(C)(C)C)CC1C. The Balaban J connectivity index is 1.71. The number of allylic oxidation sites excluding steroid dienone is 8. The van der Waals surface area contributed by atoms with E-state index in [2.05, 4.69) is 158 Å². The van der Waals surface area contributed by atoms with Crippen LogP contribution in [0.2, 0.25) is 0 Å². The van der Waals surface area contributed by atoms with Gasteiger partial charge in [-0.1, -0.05) is 158 Å². The molecule has 0 bridgehead atoms. The third-order valence-electron chi connectivity index (χ3n) is 13.0. The fourth-order valence-corrected chi connectivity index (χ4v) is 9.98. The van der Waals surface area contributed by atoms with E-state index in [9.17, 15) is 0 Å². The number of benzene rings is 1. The molecule has 44 heavy (non-hydrogen) atoms. The highest BCUT2D eigenvalue weighted by atomic mass is 14.6. The molecule has 0 heteroatoms. The zero-order valence-electron chi connectivity index (χ0n) is 31.0. The fraction of sp³-hybridized carbons (Fsp3) is 0.682. The van der Waals surface area contributed by atoms with E-state index in [1.807, 2.05) is 0 Å². The summed E-state index contributed by atoms with van der Waals surface area (Å²) in [4.78, 5) is 0. The van der Waals surface area contributed by atoms with Crippen LogP contribution in [0.25, 0.3) is 0 Å². The predicted octanol–water partition coefficient (Wildman–Crippen LogP) is 12.7. The molecule has 2 saturated carbocycles. The lowest BCUT2D eigenvalue weighted by Crippen LogP contribution is -2.40. The molecule has 0 aromatic heterocycles. The van der Waals surface area contributed by atoms with Crippen molar-refractivity contribution in [1.29, 1.82) is 0 Å². The van der Waals surface area contributed by atoms with Crippen LogP contribution >= 0.6 is 0 Å². The predicted molar refractivity (Wildman–Crippen MR) is 193 cm³/mol. The van der Waals surface area contributed by atoms with Crippen LogP contribution in [0.4, 0.5) is 0 Å². The Morgan fingerprint density at radius 3 is 1.52 bits per heavy atom. The average Bonchev–Trinajstić information content (AvgIpc) is 3.43. The second kappa shape index (κ2) is 11.2. The molecule has 0 aliphatic heterocycles. The van der Waals surface area contributed by atoms with Crippen LogP contribution in [0.3, 0.4) is 0 Å². The Morgan fingerprint density at radius 1 is 0.682 bits per heavy atom.